The first-order chi connectivity index (χ1) is 6.31. The van der Waals surface area contributed by atoms with E-state index in [1.54, 1.807) is 24.8 Å². The van der Waals surface area contributed by atoms with Crippen molar-refractivity contribution in [1.29, 1.82) is 0 Å². The lowest BCUT2D eigenvalue weighted by atomic mass is 10.2. The molecule has 0 atom stereocenters. The van der Waals surface area contributed by atoms with Gasteiger partial charge >= 0.3 is 0 Å². The number of carbonyl (C=O) groups is 1. The second kappa shape index (κ2) is 3.10. The molecule has 5 heteroatoms. The molecule has 0 spiro atoms. The Hall–Kier alpha value is -1.49. The molecule has 0 aromatic carbocycles. The van der Waals surface area contributed by atoms with Gasteiger partial charge in [0.25, 0.3) is 5.91 Å². The molecule has 1 N–H and O–H groups in total. The van der Waals surface area contributed by atoms with Crippen molar-refractivity contribution in [3.05, 3.63) is 23.3 Å². The quantitative estimate of drug-likeness (QED) is 0.736. The molecule has 2 aromatic heterocycles. The molecular weight excluding hydrogens is 186 g/mol. The fourth-order valence-corrected chi connectivity index (χ4v) is 1.64. The van der Waals surface area contributed by atoms with Gasteiger partial charge in [-0.3, -0.25) is 4.79 Å². The summed E-state index contributed by atoms with van der Waals surface area (Å²) in [5.74, 6) is -0.137. The van der Waals surface area contributed by atoms with Crippen molar-refractivity contribution in [2.24, 2.45) is 0 Å². The molecule has 0 fully saturated rings. The maximum absolute atomic E-state index is 11.2. The van der Waals surface area contributed by atoms with E-state index in [9.17, 15) is 4.79 Å². The molecule has 2 heterocycles. The zero-order valence-electron chi connectivity index (χ0n) is 6.94. The Labute approximate surface area is 78.6 Å². The fourth-order valence-electron chi connectivity index (χ4n) is 1.03. The van der Waals surface area contributed by atoms with E-state index in [-0.39, 0.29) is 5.91 Å². The van der Waals surface area contributed by atoms with E-state index in [4.69, 9.17) is 0 Å². The number of carbonyl (C=O) groups excluding carboxylic acids is 1. The van der Waals surface area contributed by atoms with Gasteiger partial charge in [-0.15, -0.1) is 11.3 Å². The van der Waals surface area contributed by atoms with Crippen LogP contribution in [0, 0.1) is 0 Å². The van der Waals surface area contributed by atoms with Crippen LogP contribution in [0.5, 0.6) is 0 Å². The number of rotatable bonds is 1. The van der Waals surface area contributed by atoms with Crippen molar-refractivity contribution in [2.45, 2.75) is 0 Å². The van der Waals surface area contributed by atoms with Gasteiger partial charge in [0.1, 0.15) is 10.3 Å². The van der Waals surface area contributed by atoms with Gasteiger partial charge in [-0.2, -0.15) is 0 Å². The number of aromatic nitrogens is 2. The molecule has 13 heavy (non-hydrogen) atoms. The summed E-state index contributed by atoms with van der Waals surface area (Å²) in [5, 5.41) is 2.53. The summed E-state index contributed by atoms with van der Waals surface area (Å²) in [7, 11) is 1.59. The maximum atomic E-state index is 11.2. The van der Waals surface area contributed by atoms with Gasteiger partial charge in [-0.1, -0.05) is 0 Å². The molecule has 0 unspecified atom stereocenters. The number of amides is 1. The zero-order chi connectivity index (χ0) is 9.26. The van der Waals surface area contributed by atoms with Gasteiger partial charge in [-0.05, 0) is 6.07 Å². The first-order valence-corrected chi connectivity index (χ1v) is 4.60. The minimum absolute atomic E-state index is 0.137. The normalized spacial score (nSPS) is 10.2. The van der Waals surface area contributed by atoms with Gasteiger partial charge in [0.15, 0.2) is 0 Å². The van der Waals surface area contributed by atoms with Crippen LogP contribution in [0.2, 0.25) is 0 Å². The third-order valence-corrected chi connectivity index (χ3v) is 2.43. The van der Waals surface area contributed by atoms with E-state index in [1.165, 1.54) is 11.3 Å². The summed E-state index contributed by atoms with van der Waals surface area (Å²) < 4.78 is 0. The van der Waals surface area contributed by atoms with Gasteiger partial charge in [-0.25, -0.2) is 9.97 Å². The second-order valence-electron chi connectivity index (χ2n) is 2.48. The third kappa shape index (κ3) is 1.38. The lowest BCUT2D eigenvalue weighted by Crippen LogP contribution is -2.17. The van der Waals surface area contributed by atoms with Crippen LogP contribution in [0.25, 0.3) is 10.3 Å². The molecule has 66 valence electrons. The van der Waals surface area contributed by atoms with Gasteiger partial charge < -0.3 is 5.32 Å². The highest BCUT2D eigenvalue weighted by Crippen LogP contribution is 2.15. The van der Waals surface area contributed by atoms with Gasteiger partial charge in [0, 0.05) is 13.2 Å². The lowest BCUT2D eigenvalue weighted by molar-refractivity contribution is 0.0963. The number of hydrogen-bond acceptors (Lipinski definition) is 4. The summed E-state index contributed by atoms with van der Waals surface area (Å²) in [5.41, 5.74) is 3.03. The van der Waals surface area contributed by atoms with Crippen LogP contribution in [0.15, 0.2) is 17.8 Å². The molecule has 0 bridgehead atoms. The number of nitrogens with zero attached hydrogens (tertiary/aromatic N) is 2. The van der Waals surface area contributed by atoms with E-state index in [1.807, 2.05) is 0 Å². The van der Waals surface area contributed by atoms with E-state index in [0.29, 0.717) is 5.56 Å². The zero-order valence-corrected chi connectivity index (χ0v) is 7.76. The average Bonchev–Trinajstić information content (AvgIpc) is 2.63. The Bertz CT molecular complexity index is 451. The van der Waals surface area contributed by atoms with Crippen LogP contribution in [0.1, 0.15) is 10.4 Å². The van der Waals surface area contributed by atoms with E-state index < -0.39 is 0 Å². The number of pyridine rings is 1. The number of hydrogen-bond donors (Lipinski definition) is 1. The van der Waals surface area contributed by atoms with Crippen LogP contribution in [0.3, 0.4) is 0 Å². The highest BCUT2D eigenvalue weighted by molar-refractivity contribution is 7.16. The minimum atomic E-state index is -0.137. The Morgan fingerprint density at radius 1 is 1.54 bits per heavy atom. The third-order valence-electron chi connectivity index (χ3n) is 1.68. The maximum Gasteiger partial charge on any atom is 0.252 e. The van der Waals surface area contributed by atoms with Crippen LogP contribution in [0.4, 0.5) is 0 Å². The van der Waals surface area contributed by atoms with Crippen molar-refractivity contribution >= 4 is 27.6 Å². The Morgan fingerprint density at radius 2 is 2.38 bits per heavy atom. The Kier molecular flexibility index (Phi) is 1.94. The van der Waals surface area contributed by atoms with E-state index in [0.717, 1.165) is 10.3 Å². The predicted molar refractivity (Wildman–Crippen MR) is 50.8 cm³/mol. The number of thiazole rings is 1. The predicted octanol–water partition coefficient (Wildman–Crippen LogP) is 1.05. The molecule has 0 radical (unpaired) electrons. The SMILES string of the molecule is CNC(=O)c1cnc2scnc2c1. The van der Waals surface area contributed by atoms with Crippen molar-refractivity contribution in [3.63, 3.8) is 0 Å². The van der Waals surface area contributed by atoms with Crippen LogP contribution >= 0.6 is 11.3 Å². The van der Waals surface area contributed by atoms with Crippen molar-refractivity contribution in [1.82, 2.24) is 15.3 Å². The molecule has 0 aliphatic heterocycles. The topological polar surface area (TPSA) is 54.9 Å². The Balaban J connectivity index is 2.54. The molecule has 0 saturated carbocycles. The van der Waals surface area contributed by atoms with E-state index in [2.05, 4.69) is 15.3 Å². The lowest BCUT2D eigenvalue weighted by Gasteiger charge is -1.97. The van der Waals surface area contributed by atoms with Crippen molar-refractivity contribution in [3.8, 4) is 0 Å². The minimum Gasteiger partial charge on any atom is -0.355 e. The summed E-state index contributed by atoms with van der Waals surface area (Å²) in [6, 6.07) is 1.73. The number of fused-ring (bicyclic) bond motifs is 1. The largest absolute Gasteiger partial charge is 0.355 e. The molecule has 2 rings (SSSR count). The second-order valence-corrected chi connectivity index (χ2v) is 3.31. The van der Waals surface area contributed by atoms with Gasteiger partial charge in [0.2, 0.25) is 0 Å². The fraction of sp³-hybridized carbons (Fsp3) is 0.125. The first kappa shape index (κ1) is 8.12. The number of nitrogens with one attached hydrogen (secondary N) is 1. The van der Waals surface area contributed by atoms with Crippen LogP contribution in [-0.2, 0) is 0 Å². The highest BCUT2D eigenvalue weighted by Gasteiger charge is 2.05. The van der Waals surface area contributed by atoms with E-state index >= 15 is 0 Å². The smallest absolute Gasteiger partial charge is 0.252 e. The molecular formula is C8H7N3OS. The molecule has 1 amide bonds. The summed E-state index contributed by atoms with van der Waals surface area (Å²) >= 11 is 1.46. The average molecular weight is 193 g/mol. The molecule has 0 aliphatic rings. The van der Waals surface area contributed by atoms with Gasteiger partial charge in [0.05, 0.1) is 11.1 Å². The molecule has 4 nitrogen and oxygen atoms in total. The van der Waals surface area contributed by atoms with Crippen LogP contribution in [-0.4, -0.2) is 22.9 Å². The standard InChI is InChI=1S/C8H7N3OS/c1-9-7(12)5-2-6-8(10-3-5)13-4-11-6/h2-4H,1H3,(H,9,12). The van der Waals surface area contributed by atoms with Crippen LogP contribution < -0.4 is 5.32 Å². The molecule has 0 saturated heterocycles. The monoisotopic (exact) mass is 193 g/mol. The summed E-state index contributed by atoms with van der Waals surface area (Å²) in [4.78, 5) is 20.2. The van der Waals surface area contributed by atoms with Crippen molar-refractivity contribution in [2.75, 3.05) is 7.05 Å². The molecule has 2 aromatic rings. The summed E-state index contributed by atoms with van der Waals surface area (Å²) in [6.07, 6.45) is 1.55. The molecule has 0 aliphatic carbocycles. The first-order valence-electron chi connectivity index (χ1n) is 3.72. The van der Waals surface area contributed by atoms with Crippen molar-refractivity contribution < 1.29 is 4.79 Å². The highest BCUT2D eigenvalue weighted by atomic mass is 32.1. The summed E-state index contributed by atoms with van der Waals surface area (Å²) in [6.45, 7) is 0. The Morgan fingerprint density at radius 3 is 3.15 bits per heavy atom.